The van der Waals surface area contributed by atoms with Crippen LogP contribution in [0.25, 0.3) is 0 Å². The van der Waals surface area contributed by atoms with Crippen LogP contribution < -0.4 is 5.32 Å². The normalized spacial score (nSPS) is 12.6. The van der Waals surface area contributed by atoms with Crippen LogP contribution in [0.4, 0.5) is 0 Å². The van der Waals surface area contributed by atoms with Gasteiger partial charge in [0.05, 0.1) is 25.4 Å². The lowest BCUT2D eigenvalue weighted by Gasteiger charge is -2.20. The molecule has 0 aromatic rings. The second kappa shape index (κ2) is 67.8. The smallest absolute Gasteiger partial charge is 0.305 e. The Morgan fingerprint density at radius 1 is 0.346 bits per heavy atom. The summed E-state index contributed by atoms with van der Waals surface area (Å²) < 4.78 is 5.49. The standard InChI is InChI=1S/C72H139NO5/c1-3-5-7-9-11-13-15-17-18-34-37-41-44-48-52-56-60-64-70(75)69(68-74)73-71(76)65-61-57-53-49-45-42-38-35-32-30-28-26-24-22-20-19-21-23-25-27-29-31-33-36-39-43-47-51-55-59-63-67-78-72(77)66-62-58-54-50-46-40-16-14-12-10-8-6-4-2/h21,23,60,64,69-70,74-75H,3-20,22,24-59,61-63,65-68H2,1-2H3,(H,73,76)/b23-21-,64-60+. The molecule has 0 aliphatic rings. The van der Waals surface area contributed by atoms with E-state index in [-0.39, 0.29) is 18.5 Å². The summed E-state index contributed by atoms with van der Waals surface area (Å²) in [5.41, 5.74) is 0. The highest BCUT2D eigenvalue weighted by molar-refractivity contribution is 5.76. The van der Waals surface area contributed by atoms with Gasteiger partial charge >= 0.3 is 5.97 Å². The van der Waals surface area contributed by atoms with Crippen LogP contribution >= 0.6 is 0 Å². The monoisotopic (exact) mass is 1100 g/mol. The summed E-state index contributed by atoms with van der Waals surface area (Å²) in [5.74, 6) is -0.0431. The minimum absolute atomic E-state index is 0.0195. The first-order valence-corrected chi connectivity index (χ1v) is 35.6. The molecule has 0 bridgehead atoms. The van der Waals surface area contributed by atoms with Crippen LogP contribution in [-0.2, 0) is 14.3 Å². The molecule has 0 radical (unpaired) electrons. The van der Waals surface area contributed by atoms with E-state index in [0.29, 0.717) is 19.4 Å². The van der Waals surface area contributed by atoms with Crippen LogP contribution in [0, 0.1) is 0 Å². The molecule has 0 fully saturated rings. The van der Waals surface area contributed by atoms with Gasteiger partial charge < -0.3 is 20.3 Å². The summed E-state index contributed by atoms with van der Waals surface area (Å²) in [6.07, 6.45) is 85.5. The molecule has 6 nitrogen and oxygen atoms in total. The molecular weight excluding hydrogens is 959 g/mol. The maximum Gasteiger partial charge on any atom is 0.305 e. The number of ether oxygens (including phenoxy) is 1. The Labute approximate surface area is 488 Å². The Kier molecular flexibility index (Phi) is 66.4. The number of aliphatic hydroxyl groups is 2. The van der Waals surface area contributed by atoms with Crippen molar-refractivity contribution in [3.8, 4) is 0 Å². The lowest BCUT2D eigenvalue weighted by Crippen LogP contribution is -2.45. The third-order valence-corrected chi connectivity index (χ3v) is 16.7. The predicted octanol–water partition coefficient (Wildman–Crippen LogP) is 22.9. The Morgan fingerprint density at radius 2 is 0.603 bits per heavy atom. The van der Waals surface area contributed by atoms with E-state index in [4.69, 9.17) is 4.74 Å². The molecule has 2 atom stereocenters. The van der Waals surface area contributed by atoms with Gasteiger partial charge in [0.2, 0.25) is 5.91 Å². The molecule has 0 spiro atoms. The van der Waals surface area contributed by atoms with Crippen LogP contribution in [0.3, 0.4) is 0 Å². The van der Waals surface area contributed by atoms with Gasteiger partial charge in [-0.25, -0.2) is 0 Å². The number of amides is 1. The largest absolute Gasteiger partial charge is 0.466 e. The number of hydrogen-bond acceptors (Lipinski definition) is 5. The van der Waals surface area contributed by atoms with E-state index in [0.717, 1.165) is 38.5 Å². The summed E-state index contributed by atoms with van der Waals surface area (Å²) in [7, 11) is 0. The quantitative estimate of drug-likeness (QED) is 0.0320. The number of aliphatic hydroxyl groups excluding tert-OH is 2. The van der Waals surface area contributed by atoms with Crippen molar-refractivity contribution in [3.63, 3.8) is 0 Å². The number of carbonyl (C=O) groups excluding carboxylic acids is 2. The number of allylic oxidation sites excluding steroid dienone is 3. The Balaban J connectivity index is 3.37. The average Bonchev–Trinajstić information content (AvgIpc) is 3.44. The van der Waals surface area contributed by atoms with Crippen LogP contribution in [0.5, 0.6) is 0 Å². The minimum Gasteiger partial charge on any atom is -0.466 e. The molecule has 2 unspecified atom stereocenters. The van der Waals surface area contributed by atoms with Gasteiger partial charge in [-0.3, -0.25) is 9.59 Å². The molecule has 3 N–H and O–H groups in total. The first-order chi connectivity index (χ1) is 38.5. The molecule has 1 amide bonds. The summed E-state index contributed by atoms with van der Waals surface area (Å²) in [6, 6.07) is -0.626. The maximum absolute atomic E-state index is 12.5. The van der Waals surface area contributed by atoms with Crippen LogP contribution in [0.1, 0.15) is 399 Å². The molecule has 78 heavy (non-hydrogen) atoms. The number of nitrogens with one attached hydrogen (secondary N) is 1. The number of rotatable bonds is 67. The van der Waals surface area contributed by atoms with Crippen molar-refractivity contribution in [3.05, 3.63) is 24.3 Å². The van der Waals surface area contributed by atoms with Crippen molar-refractivity contribution in [1.82, 2.24) is 5.32 Å². The highest BCUT2D eigenvalue weighted by Gasteiger charge is 2.18. The number of hydrogen-bond donors (Lipinski definition) is 3. The zero-order chi connectivity index (χ0) is 56.4. The Hall–Kier alpha value is -1.66. The second-order valence-electron chi connectivity index (χ2n) is 24.6. The summed E-state index contributed by atoms with van der Waals surface area (Å²) in [6.45, 7) is 4.94. The van der Waals surface area contributed by atoms with E-state index in [1.807, 2.05) is 6.08 Å². The van der Waals surface area contributed by atoms with Gasteiger partial charge in [0, 0.05) is 12.8 Å². The summed E-state index contributed by atoms with van der Waals surface area (Å²) in [5, 5.41) is 23.2. The van der Waals surface area contributed by atoms with Crippen LogP contribution in [0.2, 0.25) is 0 Å². The molecule has 0 saturated carbocycles. The van der Waals surface area contributed by atoms with Gasteiger partial charge in [-0.05, 0) is 57.8 Å². The van der Waals surface area contributed by atoms with Crippen molar-refractivity contribution in [2.75, 3.05) is 13.2 Å². The van der Waals surface area contributed by atoms with E-state index < -0.39 is 12.1 Å². The van der Waals surface area contributed by atoms with Gasteiger partial charge in [0.15, 0.2) is 0 Å². The molecule has 0 heterocycles. The zero-order valence-electron chi connectivity index (χ0n) is 52.9. The molecule has 0 saturated heterocycles. The first kappa shape index (κ1) is 76.3. The highest BCUT2D eigenvalue weighted by atomic mass is 16.5. The Morgan fingerprint density at radius 3 is 0.910 bits per heavy atom. The van der Waals surface area contributed by atoms with Crippen LogP contribution in [-0.4, -0.2) is 47.4 Å². The van der Waals surface area contributed by atoms with Crippen molar-refractivity contribution in [1.29, 1.82) is 0 Å². The fourth-order valence-electron chi connectivity index (χ4n) is 11.3. The molecule has 0 aromatic heterocycles. The lowest BCUT2D eigenvalue weighted by molar-refractivity contribution is -0.143. The van der Waals surface area contributed by atoms with E-state index in [1.165, 1.54) is 334 Å². The number of carbonyl (C=O) groups is 2. The average molecular weight is 1100 g/mol. The van der Waals surface area contributed by atoms with Crippen molar-refractivity contribution < 1.29 is 24.5 Å². The van der Waals surface area contributed by atoms with Crippen molar-refractivity contribution >= 4 is 11.9 Å². The third-order valence-electron chi connectivity index (χ3n) is 16.7. The fourth-order valence-corrected chi connectivity index (χ4v) is 11.3. The molecule has 0 aliphatic carbocycles. The molecule has 0 aliphatic heterocycles. The SMILES string of the molecule is CCCCCCCCCCCCCCCCC/C=C/C(O)C(CO)NC(=O)CCCCCCCCCCCCCCCCC/C=C\CCCCCCCCCCCCCCOC(=O)CCCCCCCCCCCCCCC. The van der Waals surface area contributed by atoms with Gasteiger partial charge in [0.1, 0.15) is 0 Å². The van der Waals surface area contributed by atoms with Crippen LogP contribution in [0.15, 0.2) is 24.3 Å². The number of unbranched alkanes of at least 4 members (excludes halogenated alkanes) is 54. The zero-order valence-corrected chi connectivity index (χ0v) is 52.9. The molecule has 0 aromatic carbocycles. The van der Waals surface area contributed by atoms with Gasteiger partial charge in [-0.15, -0.1) is 0 Å². The Bertz CT molecular complexity index is 1220. The first-order valence-electron chi connectivity index (χ1n) is 35.6. The summed E-state index contributed by atoms with van der Waals surface area (Å²) in [4.78, 5) is 24.5. The second-order valence-corrected chi connectivity index (χ2v) is 24.6. The maximum atomic E-state index is 12.5. The highest BCUT2D eigenvalue weighted by Crippen LogP contribution is 2.19. The molecular formula is C72H139NO5. The van der Waals surface area contributed by atoms with Crippen molar-refractivity contribution in [2.24, 2.45) is 0 Å². The van der Waals surface area contributed by atoms with Gasteiger partial charge in [0.25, 0.3) is 0 Å². The lowest BCUT2D eigenvalue weighted by atomic mass is 10.0. The van der Waals surface area contributed by atoms with Gasteiger partial charge in [-0.1, -0.05) is 353 Å². The molecule has 462 valence electrons. The number of esters is 1. The fraction of sp³-hybridized carbons (Fsp3) is 0.917. The van der Waals surface area contributed by atoms with Gasteiger partial charge in [-0.2, -0.15) is 0 Å². The van der Waals surface area contributed by atoms with E-state index >= 15 is 0 Å². The van der Waals surface area contributed by atoms with E-state index in [1.54, 1.807) is 6.08 Å². The van der Waals surface area contributed by atoms with E-state index in [2.05, 4.69) is 31.3 Å². The molecule has 0 rings (SSSR count). The minimum atomic E-state index is -0.843. The summed E-state index contributed by atoms with van der Waals surface area (Å²) >= 11 is 0. The molecule has 6 heteroatoms. The third kappa shape index (κ3) is 63.5. The van der Waals surface area contributed by atoms with Crippen molar-refractivity contribution in [2.45, 2.75) is 411 Å². The van der Waals surface area contributed by atoms with E-state index in [9.17, 15) is 19.8 Å². The topological polar surface area (TPSA) is 95.9 Å². The predicted molar refractivity (Wildman–Crippen MR) is 343 cm³/mol.